The number of nitrogens with one attached hydrogen (secondary N) is 3. The lowest BCUT2D eigenvalue weighted by Gasteiger charge is -2.30. The zero-order valence-corrected chi connectivity index (χ0v) is 19.0. The Morgan fingerprint density at radius 1 is 1.12 bits per heavy atom. The predicted molar refractivity (Wildman–Crippen MR) is 119 cm³/mol. The largest absolute Gasteiger partial charge is 0.416 e. The molecular weight excluding hydrogens is 419 g/mol. The van der Waals surface area contributed by atoms with Gasteiger partial charge in [0.05, 0.1) is 12.1 Å². The number of benzene rings is 1. The molecule has 0 radical (unpaired) electrons. The molecule has 3 N–H and O–H groups in total. The molecule has 8 heteroatoms. The van der Waals surface area contributed by atoms with Crippen molar-refractivity contribution in [3.05, 3.63) is 35.4 Å². The Hall–Kier alpha value is -2.38. The van der Waals surface area contributed by atoms with Crippen LogP contribution in [0.4, 0.5) is 13.2 Å². The van der Waals surface area contributed by atoms with Crippen molar-refractivity contribution in [2.75, 3.05) is 6.54 Å². The molecule has 1 aliphatic carbocycles. The molecule has 1 fully saturated rings. The number of hydrogen-bond donors (Lipinski definition) is 3. The summed E-state index contributed by atoms with van der Waals surface area (Å²) in [5.74, 6) is 0.520. The average Bonchev–Trinajstić information content (AvgIpc) is 2.71. The Balaban J connectivity index is 1.74. The Kier molecular flexibility index (Phi) is 9.28. The summed E-state index contributed by atoms with van der Waals surface area (Å²) in [6.07, 6.45) is 1.47. The summed E-state index contributed by atoms with van der Waals surface area (Å²) in [5, 5.41) is 13.5. The summed E-state index contributed by atoms with van der Waals surface area (Å²) in [6, 6.07) is 3.81. The molecular formula is C24H34F3N3O2. The summed E-state index contributed by atoms with van der Waals surface area (Å²) < 4.78 is 38.4. The fraction of sp³-hybridized carbons (Fsp3) is 0.625. The molecule has 0 heterocycles. The first-order chi connectivity index (χ1) is 15.0. The van der Waals surface area contributed by atoms with Crippen LogP contribution in [0, 0.1) is 23.2 Å². The number of hydrogen-bond acceptors (Lipinski definition) is 3. The normalized spacial score (nSPS) is 20.0. The second kappa shape index (κ2) is 11.5. The van der Waals surface area contributed by atoms with Gasteiger partial charge in [-0.3, -0.25) is 9.59 Å². The lowest BCUT2D eigenvalue weighted by atomic mass is 9.76. The number of carbonyl (C=O) groups is 2. The van der Waals surface area contributed by atoms with Crippen molar-refractivity contribution in [1.29, 1.82) is 5.41 Å². The number of halogens is 3. The number of rotatable bonds is 9. The van der Waals surface area contributed by atoms with Gasteiger partial charge in [-0.2, -0.15) is 13.2 Å². The Morgan fingerprint density at radius 2 is 1.78 bits per heavy atom. The summed E-state index contributed by atoms with van der Waals surface area (Å²) in [7, 11) is 0. The van der Waals surface area contributed by atoms with E-state index in [1.807, 2.05) is 6.92 Å². The van der Waals surface area contributed by atoms with E-state index in [0.29, 0.717) is 18.1 Å². The van der Waals surface area contributed by atoms with Crippen LogP contribution in [0.5, 0.6) is 0 Å². The highest BCUT2D eigenvalue weighted by Gasteiger charge is 2.31. The maximum Gasteiger partial charge on any atom is 0.416 e. The molecule has 0 unspecified atom stereocenters. The number of alkyl halides is 3. The van der Waals surface area contributed by atoms with Crippen LogP contribution in [0.3, 0.4) is 0 Å². The van der Waals surface area contributed by atoms with Crippen LogP contribution in [0.25, 0.3) is 0 Å². The van der Waals surface area contributed by atoms with Gasteiger partial charge >= 0.3 is 6.18 Å². The molecule has 1 aromatic carbocycles. The van der Waals surface area contributed by atoms with Crippen LogP contribution in [0.1, 0.15) is 75.2 Å². The van der Waals surface area contributed by atoms with Crippen LogP contribution in [0.15, 0.2) is 24.3 Å². The van der Waals surface area contributed by atoms with Crippen LogP contribution >= 0.6 is 0 Å². The van der Waals surface area contributed by atoms with E-state index < -0.39 is 23.6 Å². The van der Waals surface area contributed by atoms with Crippen molar-refractivity contribution in [2.45, 2.75) is 71.5 Å². The highest BCUT2D eigenvalue weighted by atomic mass is 19.4. The van der Waals surface area contributed by atoms with E-state index in [2.05, 4.69) is 24.5 Å². The van der Waals surface area contributed by atoms with Crippen molar-refractivity contribution in [3.8, 4) is 0 Å². The first-order valence-corrected chi connectivity index (χ1v) is 11.3. The highest BCUT2D eigenvalue weighted by molar-refractivity contribution is 5.96. The fourth-order valence-corrected chi connectivity index (χ4v) is 4.39. The van der Waals surface area contributed by atoms with Gasteiger partial charge < -0.3 is 16.0 Å². The Bertz CT molecular complexity index is 800. The molecule has 2 amide bonds. The van der Waals surface area contributed by atoms with Crippen LogP contribution in [0.2, 0.25) is 0 Å². The topological polar surface area (TPSA) is 82.1 Å². The van der Waals surface area contributed by atoms with Gasteiger partial charge in [0.15, 0.2) is 0 Å². The monoisotopic (exact) mass is 453 g/mol. The molecule has 1 aromatic rings. The predicted octanol–water partition coefficient (Wildman–Crippen LogP) is 5.20. The molecule has 0 saturated heterocycles. The third-order valence-electron chi connectivity index (χ3n) is 5.94. The molecule has 5 nitrogen and oxygen atoms in total. The molecule has 2 rings (SSSR count). The number of carbonyl (C=O) groups excluding carboxylic acids is 2. The molecule has 1 atom stereocenters. The summed E-state index contributed by atoms with van der Waals surface area (Å²) >= 11 is 0. The fourth-order valence-electron chi connectivity index (χ4n) is 4.39. The van der Waals surface area contributed by atoms with Gasteiger partial charge in [0.2, 0.25) is 5.91 Å². The number of amides is 2. The first kappa shape index (κ1) is 25.9. The van der Waals surface area contributed by atoms with Crippen LogP contribution in [-0.4, -0.2) is 30.1 Å². The molecule has 32 heavy (non-hydrogen) atoms. The van der Waals surface area contributed by atoms with Gasteiger partial charge in [0.1, 0.15) is 0 Å². The van der Waals surface area contributed by atoms with Gasteiger partial charge in [-0.1, -0.05) is 19.9 Å². The van der Waals surface area contributed by atoms with Crippen molar-refractivity contribution < 1.29 is 22.8 Å². The van der Waals surface area contributed by atoms with E-state index in [1.54, 1.807) is 0 Å². The first-order valence-electron chi connectivity index (χ1n) is 11.3. The maximum absolute atomic E-state index is 12.8. The second-order valence-corrected chi connectivity index (χ2v) is 9.31. The Labute approximate surface area is 188 Å². The van der Waals surface area contributed by atoms with E-state index in [1.165, 1.54) is 12.5 Å². The van der Waals surface area contributed by atoms with Gasteiger partial charge in [-0.15, -0.1) is 0 Å². The quantitative estimate of drug-likeness (QED) is 0.449. The summed E-state index contributed by atoms with van der Waals surface area (Å²) in [4.78, 5) is 24.2. The average molecular weight is 454 g/mol. The molecule has 0 bridgehead atoms. The second-order valence-electron chi connectivity index (χ2n) is 9.31. The van der Waals surface area contributed by atoms with E-state index >= 15 is 0 Å². The standard InChI is InChI=1S/C24H34F3N3O2/c1-15(2)11-17-7-9-18(10-8-17)21(28)12-16(3)30-22(31)14-29-23(32)19-5-4-6-20(13-19)24(25,26)27/h4-6,13,15-18,28H,7-12,14H2,1-3H3,(H,29,32)(H,30,31)/t16-,17?,18?/m1/s1. The third kappa shape index (κ3) is 8.28. The zero-order chi connectivity index (χ0) is 23.9. The maximum atomic E-state index is 12.8. The summed E-state index contributed by atoms with van der Waals surface area (Å²) in [5.41, 5.74) is -0.427. The van der Waals surface area contributed by atoms with Gasteiger partial charge in [0.25, 0.3) is 5.91 Å². The van der Waals surface area contributed by atoms with Gasteiger partial charge in [0, 0.05) is 23.7 Å². The van der Waals surface area contributed by atoms with Gasteiger partial charge in [-0.25, -0.2) is 0 Å². The van der Waals surface area contributed by atoms with E-state index in [4.69, 9.17) is 5.41 Å². The smallest absolute Gasteiger partial charge is 0.352 e. The van der Waals surface area contributed by atoms with Crippen molar-refractivity contribution in [2.24, 2.45) is 17.8 Å². The SMILES string of the molecule is CC(C)CC1CCC(C(=N)C[C@@H](C)NC(=O)CNC(=O)c2cccc(C(F)(F)F)c2)CC1. The molecule has 178 valence electrons. The highest BCUT2D eigenvalue weighted by Crippen LogP contribution is 2.34. The van der Waals surface area contributed by atoms with Crippen molar-refractivity contribution in [1.82, 2.24) is 10.6 Å². The molecule has 1 saturated carbocycles. The van der Waals surface area contributed by atoms with Gasteiger partial charge in [-0.05, 0) is 75.0 Å². The Morgan fingerprint density at radius 3 is 2.38 bits per heavy atom. The van der Waals surface area contributed by atoms with Crippen LogP contribution < -0.4 is 10.6 Å². The zero-order valence-electron chi connectivity index (χ0n) is 19.0. The minimum Gasteiger partial charge on any atom is -0.352 e. The molecule has 0 spiro atoms. The molecule has 0 aromatic heterocycles. The molecule has 0 aliphatic heterocycles. The van der Waals surface area contributed by atoms with Crippen LogP contribution in [-0.2, 0) is 11.0 Å². The van der Waals surface area contributed by atoms with Crippen molar-refractivity contribution in [3.63, 3.8) is 0 Å². The van der Waals surface area contributed by atoms with E-state index in [0.717, 1.165) is 49.8 Å². The lowest BCUT2D eigenvalue weighted by molar-refractivity contribution is -0.137. The minimum atomic E-state index is -4.54. The lowest BCUT2D eigenvalue weighted by Crippen LogP contribution is -2.42. The third-order valence-corrected chi connectivity index (χ3v) is 5.94. The van der Waals surface area contributed by atoms with E-state index in [9.17, 15) is 22.8 Å². The minimum absolute atomic E-state index is 0.157. The van der Waals surface area contributed by atoms with Crippen molar-refractivity contribution >= 4 is 17.5 Å². The molecule has 1 aliphatic rings. The summed E-state index contributed by atoms with van der Waals surface area (Å²) in [6.45, 7) is 5.94. The van der Waals surface area contributed by atoms with E-state index in [-0.39, 0.29) is 24.1 Å².